The summed E-state index contributed by atoms with van der Waals surface area (Å²) >= 11 is 3.43. The minimum absolute atomic E-state index is 0.192. The van der Waals surface area contributed by atoms with Crippen LogP contribution >= 0.6 is 15.9 Å². The quantitative estimate of drug-likeness (QED) is 0.833. The molecule has 1 aromatic carbocycles. The van der Waals surface area contributed by atoms with Crippen LogP contribution in [0.4, 0.5) is 0 Å². The first-order valence-corrected chi connectivity index (χ1v) is 5.67. The zero-order chi connectivity index (χ0) is 9.97. The van der Waals surface area contributed by atoms with E-state index in [1.165, 1.54) is 5.56 Å². The third-order valence-corrected chi connectivity index (χ3v) is 3.05. The lowest BCUT2D eigenvalue weighted by molar-refractivity contribution is -0.000228. The van der Waals surface area contributed by atoms with Gasteiger partial charge in [-0.25, -0.2) is 0 Å². The molecular formula is C11H14BrNO. The topological polar surface area (TPSA) is 21.3 Å². The van der Waals surface area contributed by atoms with Gasteiger partial charge in [-0.2, -0.15) is 0 Å². The van der Waals surface area contributed by atoms with E-state index in [0.29, 0.717) is 6.04 Å². The number of nitrogens with one attached hydrogen (secondary N) is 1. The van der Waals surface area contributed by atoms with Crippen molar-refractivity contribution in [2.75, 3.05) is 13.2 Å². The van der Waals surface area contributed by atoms with Crippen molar-refractivity contribution in [2.24, 2.45) is 0 Å². The summed E-state index contributed by atoms with van der Waals surface area (Å²) in [6, 6.07) is 8.72. The Bertz CT molecular complexity index is 299. The second-order valence-electron chi connectivity index (χ2n) is 3.59. The summed E-state index contributed by atoms with van der Waals surface area (Å²) in [5, 5.41) is 3.41. The van der Waals surface area contributed by atoms with Crippen molar-refractivity contribution in [3.8, 4) is 0 Å². The highest BCUT2D eigenvalue weighted by Gasteiger charge is 2.22. The Morgan fingerprint density at radius 2 is 2.07 bits per heavy atom. The minimum Gasteiger partial charge on any atom is -0.371 e. The molecule has 14 heavy (non-hydrogen) atoms. The summed E-state index contributed by atoms with van der Waals surface area (Å²) in [6.45, 7) is 3.91. The van der Waals surface area contributed by atoms with Gasteiger partial charge in [0.15, 0.2) is 0 Å². The molecule has 3 heteroatoms. The van der Waals surface area contributed by atoms with E-state index in [1.807, 2.05) is 0 Å². The van der Waals surface area contributed by atoms with Crippen LogP contribution in [0.2, 0.25) is 0 Å². The van der Waals surface area contributed by atoms with Gasteiger partial charge in [0.2, 0.25) is 0 Å². The average molecular weight is 256 g/mol. The van der Waals surface area contributed by atoms with Crippen LogP contribution in [0.25, 0.3) is 0 Å². The van der Waals surface area contributed by atoms with Gasteiger partial charge in [0.1, 0.15) is 0 Å². The van der Waals surface area contributed by atoms with E-state index in [0.717, 1.165) is 17.6 Å². The van der Waals surface area contributed by atoms with Gasteiger partial charge >= 0.3 is 0 Å². The molecule has 0 aliphatic carbocycles. The molecule has 1 heterocycles. The first-order chi connectivity index (χ1) is 6.77. The van der Waals surface area contributed by atoms with Crippen molar-refractivity contribution >= 4 is 15.9 Å². The Balaban J connectivity index is 2.16. The van der Waals surface area contributed by atoms with E-state index in [2.05, 4.69) is 52.4 Å². The number of morpholine rings is 1. The van der Waals surface area contributed by atoms with Crippen LogP contribution < -0.4 is 5.32 Å². The van der Waals surface area contributed by atoms with Crippen LogP contribution in [0.5, 0.6) is 0 Å². The molecule has 0 unspecified atom stereocenters. The lowest BCUT2D eigenvalue weighted by atomic mass is 10.0. The Labute approximate surface area is 92.8 Å². The van der Waals surface area contributed by atoms with E-state index in [1.54, 1.807) is 0 Å². The lowest BCUT2D eigenvalue weighted by Gasteiger charge is -2.30. The highest BCUT2D eigenvalue weighted by atomic mass is 79.9. The van der Waals surface area contributed by atoms with E-state index in [4.69, 9.17) is 4.74 Å². The summed E-state index contributed by atoms with van der Waals surface area (Å²) in [7, 11) is 0. The van der Waals surface area contributed by atoms with E-state index in [9.17, 15) is 0 Å². The summed E-state index contributed by atoms with van der Waals surface area (Å²) in [4.78, 5) is 0. The molecule has 0 radical (unpaired) electrons. The minimum atomic E-state index is 0.192. The van der Waals surface area contributed by atoms with E-state index >= 15 is 0 Å². The number of benzene rings is 1. The third-order valence-electron chi connectivity index (χ3n) is 2.52. The fourth-order valence-electron chi connectivity index (χ4n) is 1.76. The first-order valence-electron chi connectivity index (χ1n) is 4.88. The van der Waals surface area contributed by atoms with Gasteiger partial charge in [0.05, 0.1) is 12.7 Å². The number of hydrogen-bond acceptors (Lipinski definition) is 2. The molecule has 0 saturated carbocycles. The highest BCUT2D eigenvalue weighted by Crippen LogP contribution is 2.24. The predicted molar refractivity (Wildman–Crippen MR) is 60.3 cm³/mol. The summed E-state index contributed by atoms with van der Waals surface area (Å²) in [6.07, 6.45) is 0.192. The van der Waals surface area contributed by atoms with Crippen molar-refractivity contribution in [1.82, 2.24) is 5.32 Å². The molecule has 2 atom stereocenters. The fraction of sp³-hybridized carbons (Fsp3) is 0.455. The van der Waals surface area contributed by atoms with Crippen LogP contribution in [0.15, 0.2) is 28.7 Å². The van der Waals surface area contributed by atoms with Crippen LogP contribution in [-0.2, 0) is 4.74 Å². The smallest absolute Gasteiger partial charge is 0.0975 e. The van der Waals surface area contributed by atoms with Crippen molar-refractivity contribution in [1.29, 1.82) is 0 Å². The molecule has 1 saturated heterocycles. The van der Waals surface area contributed by atoms with E-state index < -0.39 is 0 Å². The Hall–Kier alpha value is -0.380. The fourth-order valence-corrected chi connectivity index (χ4v) is 2.03. The van der Waals surface area contributed by atoms with Gasteiger partial charge in [-0.05, 0) is 24.6 Å². The normalized spacial score (nSPS) is 27.6. The largest absolute Gasteiger partial charge is 0.371 e. The SMILES string of the molecule is C[C@H]1NCCO[C@H]1c1ccc(Br)cc1. The molecule has 1 aliphatic rings. The van der Waals surface area contributed by atoms with E-state index in [-0.39, 0.29) is 6.10 Å². The average Bonchev–Trinajstić information content (AvgIpc) is 2.20. The second kappa shape index (κ2) is 4.43. The summed E-state index contributed by atoms with van der Waals surface area (Å²) in [5.74, 6) is 0. The van der Waals surface area contributed by atoms with Crippen LogP contribution in [0.3, 0.4) is 0 Å². The molecule has 0 bridgehead atoms. The Morgan fingerprint density at radius 3 is 2.71 bits per heavy atom. The van der Waals surface area contributed by atoms with Crippen molar-refractivity contribution in [3.63, 3.8) is 0 Å². The van der Waals surface area contributed by atoms with Crippen LogP contribution in [0, 0.1) is 0 Å². The molecule has 0 aromatic heterocycles. The van der Waals surface area contributed by atoms with Crippen LogP contribution in [0.1, 0.15) is 18.6 Å². The number of rotatable bonds is 1. The molecule has 1 aliphatic heterocycles. The summed E-state index contributed by atoms with van der Waals surface area (Å²) in [5.41, 5.74) is 1.24. The van der Waals surface area contributed by atoms with Gasteiger partial charge < -0.3 is 10.1 Å². The first kappa shape index (κ1) is 10.1. The van der Waals surface area contributed by atoms with Gasteiger partial charge in [-0.15, -0.1) is 0 Å². The molecular weight excluding hydrogens is 242 g/mol. The molecule has 76 valence electrons. The van der Waals surface area contributed by atoms with Crippen molar-refractivity contribution < 1.29 is 4.74 Å². The molecule has 1 fully saturated rings. The highest BCUT2D eigenvalue weighted by molar-refractivity contribution is 9.10. The Morgan fingerprint density at radius 1 is 1.36 bits per heavy atom. The number of halogens is 1. The van der Waals surface area contributed by atoms with Gasteiger partial charge in [0, 0.05) is 17.1 Å². The molecule has 1 aromatic rings. The van der Waals surface area contributed by atoms with Crippen LogP contribution in [-0.4, -0.2) is 19.2 Å². The monoisotopic (exact) mass is 255 g/mol. The standard InChI is InChI=1S/C11H14BrNO/c1-8-11(14-7-6-13-8)9-2-4-10(12)5-3-9/h2-5,8,11,13H,6-7H2,1H3/t8-,11-/m1/s1. The molecule has 0 amide bonds. The molecule has 2 rings (SSSR count). The van der Waals surface area contributed by atoms with Gasteiger partial charge in [-0.3, -0.25) is 0 Å². The second-order valence-corrected chi connectivity index (χ2v) is 4.50. The molecule has 2 nitrogen and oxygen atoms in total. The van der Waals surface area contributed by atoms with Gasteiger partial charge in [-0.1, -0.05) is 28.1 Å². The lowest BCUT2D eigenvalue weighted by Crippen LogP contribution is -2.41. The summed E-state index contributed by atoms with van der Waals surface area (Å²) < 4.78 is 6.85. The zero-order valence-corrected chi connectivity index (χ0v) is 9.75. The zero-order valence-electron chi connectivity index (χ0n) is 8.16. The number of ether oxygens (including phenoxy) is 1. The maximum atomic E-state index is 5.74. The van der Waals surface area contributed by atoms with Crippen molar-refractivity contribution in [3.05, 3.63) is 34.3 Å². The number of hydrogen-bond donors (Lipinski definition) is 1. The molecule has 1 N–H and O–H groups in total. The third kappa shape index (κ3) is 2.16. The predicted octanol–water partition coefficient (Wildman–Crippen LogP) is 2.50. The maximum Gasteiger partial charge on any atom is 0.0975 e. The van der Waals surface area contributed by atoms with Crippen molar-refractivity contribution in [2.45, 2.75) is 19.1 Å². The maximum absolute atomic E-state index is 5.74. The molecule has 0 spiro atoms. The Kier molecular flexibility index (Phi) is 3.21. The van der Waals surface area contributed by atoms with Gasteiger partial charge in [0.25, 0.3) is 0 Å².